The molecule has 0 aromatic heterocycles. The second kappa shape index (κ2) is 9.02. The van der Waals surface area contributed by atoms with Crippen molar-refractivity contribution in [1.29, 1.82) is 0 Å². The number of esters is 1. The molecule has 1 aromatic carbocycles. The fraction of sp³-hybridized carbons (Fsp3) is 0.571. The van der Waals surface area contributed by atoms with Crippen molar-refractivity contribution in [3.8, 4) is 0 Å². The van der Waals surface area contributed by atoms with Crippen LogP contribution in [0, 0.1) is 11.8 Å². The molecule has 146 valence electrons. The van der Waals surface area contributed by atoms with E-state index in [-0.39, 0.29) is 29.6 Å². The summed E-state index contributed by atoms with van der Waals surface area (Å²) in [6, 6.07) is 6.75. The lowest BCUT2D eigenvalue weighted by Gasteiger charge is -2.32. The number of amides is 2. The zero-order valence-corrected chi connectivity index (χ0v) is 15.9. The first-order valence-electron chi connectivity index (χ1n) is 9.95. The number of piperidine rings is 1. The number of nitrogens with zero attached hydrogens (tertiary/aromatic N) is 1. The Morgan fingerprint density at radius 1 is 1.11 bits per heavy atom. The molecule has 1 aliphatic heterocycles. The maximum Gasteiger partial charge on any atom is 0.338 e. The zero-order chi connectivity index (χ0) is 19.2. The van der Waals surface area contributed by atoms with Gasteiger partial charge >= 0.3 is 5.97 Å². The Morgan fingerprint density at radius 3 is 2.52 bits per heavy atom. The van der Waals surface area contributed by atoms with Crippen LogP contribution in [-0.2, 0) is 14.3 Å². The second-order valence-electron chi connectivity index (χ2n) is 7.45. The Kier molecular flexibility index (Phi) is 6.48. The van der Waals surface area contributed by atoms with Gasteiger partial charge in [-0.25, -0.2) is 4.79 Å². The monoisotopic (exact) mass is 372 g/mol. The lowest BCUT2D eigenvalue weighted by Crippen LogP contribution is -2.44. The molecule has 1 heterocycles. The van der Waals surface area contributed by atoms with Gasteiger partial charge in [-0.1, -0.05) is 13.3 Å². The van der Waals surface area contributed by atoms with E-state index in [1.807, 2.05) is 11.8 Å². The summed E-state index contributed by atoms with van der Waals surface area (Å²) >= 11 is 0. The molecule has 0 bridgehead atoms. The largest absolute Gasteiger partial charge is 0.462 e. The van der Waals surface area contributed by atoms with E-state index >= 15 is 0 Å². The van der Waals surface area contributed by atoms with Crippen molar-refractivity contribution in [2.45, 2.75) is 45.4 Å². The summed E-state index contributed by atoms with van der Waals surface area (Å²) in [5.74, 6) is -0.195. The van der Waals surface area contributed by atoms with Crippen molar-refractivity contribution in [2.75, 3.05) is 25.0 Å². The van der Waals surface area contributed by atoms with Crippen LogP contribution in [0.4, 0.5) is 5.69 Å². The van der Waals surface area contributed by atoms with E-state index < -0.39 is 0 Å². The lowest BCUT2D eigenvalue weighted by atomic mass is 9.96. The van der Waals surface area contributed by atoms with Gasteiger partial charge in [0.15, 0.2) is 0 Å². The van der Waals surface area contributed by atoms with E-state index in [1.54, 1.807) is 24.3 Å². The number of nitrogens with one attached hydrogen (secondary N) is 1. The topological polar surface area (TPSA) is 75.7 Å². The highest BCUT2D eigenvalue weighted by Gasteiger charge is 2.36. The fourth-order valence-electron chi connectivity index (χ4n) is 3.31. The van der Waals surface area contributed by atoms with Crippen LogP contribution in [0.2, 0.25) is 0 Å². The quantitative estimate of drug-likeness (QED) is 0.589. The highest BCUT2D eigenvalue weighted by molar-refractivity contribution is 5.94. The minimum Gasteiger partial charge on any atom is -0.462 e. The third-order valence-corrected chi connectivity index (χ3v) is 5.15. The molecule has 6 heteroatoms. The maximum atomic E-state index is 12.6. The first-order valence-corrected chi connectivity index (χ1v) is 9.95. The molecule has 6 nitrogen and oxygen atoms in total. The number of carbonyl (C=O) groups is 3. The smallest absolute Gasteiger partial charge is 0.338 e. The summed E-state index contributed by atoms with van der Waals surface area (Å²) in [5, 5.41) is 2.91. The van der Waals surface area contributed by atoms with E-state index in [1.165, 1.54) is 0 Å². The molecule has 27 heavy (non-hydrogen) atoms. The fourth-order valence-corrected chi connectivity index (χ4v) is 3.31. The number of hydrogen-bond donors (Lipinski definition) is 1. The maximum absolute atomic E-state index is 12.6. The van der Waals surface area contributed by atoms with E-state index in [0.717, 1.165) is 45.1 Å². The summed E-state index contributed by atoms with van der Waals surface area (Å²) in [6.45, 7) is 3.72. The highest BCUT2D eigenvalue weighted by Crippen LogP contribution is 2.32. The van der Waals surface area contributed by atoms with Crippen molar-refractivity contribution in [2.24, 2.45) is 11.8 Å². The Hall–Kier alpha value is -2.37. The summed E-state index contributed by atoms with van der Waals surface area (Å²) in [4.78, 5) is 38.6. The molecule has 2 fully saturated rings. The molecule has 1 atom stereocenters. The number of anilines is 1. The van der Waals surface area contributed by atoms with E-state index in [2.05, 4.69) is 5.32 Å². The van der Waals surface area contributed by atoms with E-state index in [9.17, 15) is 14.4 Å². The summed E-state index contributed by atoms with van der Waals surface area (Å²) in [7, 11) is 0. The van der Waals surface area contributed by atoms with Gasteiger partial charge in [-0.3, -0.25) is 9.59 Å². The van der Waals surface area contributed by atoms with Crippen molar-refractivity contribution in [3.05, 3.63) is 29.8 Å². The molecule has 2 amide bonds. The predicted octanol–water partition coefficient (Wildman–Crippen LogP) is 3.23. The van der Waals surface area contributed by atoms with Gasteiger partial charge in [-0.05, 0) is 56.4 Å². The standard InChI is InChI=1S/C21H28N2O4/c1-2-3-13-27-21(26)16-8-10-18(11-9-16)22-19(24)17-5-4-12-23(14-17)20(25)15-6-7-15/h8-11,15,17H,2-7,12-14H2,1H3,(H,22,24). The molecule has 0 radical (unpaired) electrons. The number of likely N-dealkylation sites (tertiary alicyclic amines) is 1. The van der Waals surface area contributed by atoms with Crippen LogP contribution in [0.5, 0.6) is 0 Å². The van der Waals surface area contributed by atoms with Gasteiger partial charge in [0.1, 0.15) is 0 Å². The number of hydrogen-bond acceptors (Lipinski definition) is 4. The normalized spacial score (nSPS) is 19.4. The van der Waals surface area contributed by atoms with Crippen molar-refractivity contribution >= 4 is 23.5 Å². The van der Waals surface area contributed by atoms with Gasteiger partial charge in [0.05, 0.1) is 18.1 Å². The van der Waals surface area contributed by atoms with Gasteiger partial charge in [-0.15, -0.1) is 0 Å². The highest BCUT2D eigenvalue weighted by atomic mass is 16.5. The summed E-state index contributed by atoms with van der Waals surface area (Å²) < 4.78 is 5.18. The van der Waals surface area contributed by atoms with Crippen LogP contribution in [0.1, 0.15) is 55.8 Å². The third kappa shape index (κ3) is 5.31. The van der Waals surface area contributed by atoms with Crippen molar-refractivity contribution < 1.29 is 19.1 Å². The second-order valence-corrected chi connectivity index (χ2v) is 7.45. The minimum atomic E-state index is -0.345. The molecule has 1 aliphatic carbocycles. The Bertz CT molecular complexity index is 682. The average molecular weight is 372 g/mol. The Labute approximate surface area is 160 Å². The van der Waals surface area contributed by atoms with Gasteiger partial charge in [0, 0.05) is 24.7 Å². The Morgan fingerprint density at radius 2 is 1.85 bits per heavy atom. The molecule has 0 spiro atoms. The lowest BCUT2D eigenvalue weighted by molar-refractivity contribution is -0.135. The first kappa shape index (κ1) is 19.4. The van der Waals surface area contributed by atoms with Gasteiger partial charge in [0.25, 0.3) is 0 Å². The Balaban J connectivity index is 1.51. The molecule has 2 aliphatic rings. The SMILES string of the molecule is CCCCOC(=O)c1ccc(NC(=O)C2CCCN(C(=O)C3CC3)C2)cc1. The average Bonchev–Trinajstić information content (AvgIpc) is 3.53. The van der Waals surface area contributed by atoms with E-state index in [4.69, 9.17) is 4.74 Å². The number of carbonyl (C=O) groups excluding carboxylic acids is 3. The van der Waals surface area contributed by atoms with Gasteiger partial charge < -0.3 is 15.0 Å². The molecule has 1 unspecified atom stereocenters. The van der Waals surface area contributed by atoms with Crippen molar-refractivity contribution in [1.82, 2.24) is 4.90 Å². The van der Waals surface area contributed by atoms with Gasteiger partial charge in [-0.2, -0.15) is 0 Å². The minimum absolute atomic E-state index is 0.0680. The number of ether oxygens (including phenoxy) is 1. The summed E-state index contributed by atoms with van der Waals surface area (Å²) in [5.41, 5.74) is 1.12. The van der Waals surface area contributed by atoms with Crippen LogP contribution >= 0.6 is 0 Å². The molecular weight excluding hydrogens is 344 g/mol. The molecule has 1 saturated heterocycles. The summed E-state index contributed by atoms with van der Waals surface area (Å²) in [6.07, 6.45) is 5.45. The molecule has 1 aromatic rings. The molecule has 1 N–H and O–H groups in total. The van der Waals surface area contributed by atoms with Crippen LogP contribution in [0.15, 0.2) is 24.3 Å². The third-order valence-electron chi connectivity index (χ3n) is 5.15. The van der Waals surface area contributed by atoms with Gasteiger partial charge in [0.2, 0.25) is 11.8 Å². The zero-order valence-electron chi connectivity index (χ0n) is 15.9. The number of benzene rings is 1. The van der Waals surface area contributed by atoms with Crippen LogP contribution in [-0.4, -0.2) is 42.4 Å². The molecule has 1 saturated carbocycles. The molecular formula is C21H28N2O4. The van der Waals surface area contributed by atoms with Crippen molar-refractivity contribution in [3.63, 3.8) is 0 Å². The molecule has 3 rings (SSSR count). The van der Waals surface area contributed by atoms with Crippen LogP contribution in [0.25, 0.3) is 0 Å². The van der Waals surface area contributed by atoms with Crippen LogP contribution in [0.3, 0.4) is 0 Å². The number of unbranched alkanes of at least 4 members (excludes halogenated alkanes) is 1. The number of rotatable bonds is 7. The van der Waals surface area contributed by atoms with Crippen LogP contribution < -0.4 is 5.32 Å². The van der Waals surface area contributed by atoms with E-state index in [0.29, 0.717) is 24.4 Å². The predicted molar refractivity (Wildman–Crippen MR) is 102 cm³/mol. The first-order chi connectivity index (χ1) is 13.1.